The van der Waals surface area contributed by atoms with Crippen LogP contribution in [-0.4, -0.2) is 21.7 Å². The summed E-state index contributed by atoms with van der Waals surface area (Å²) < 4.78 is 13.2. The number of carbonyl (C=O) groups is 2. The van der Waals surface area contributed by atoms with Gasteiger partial charge in [0.1, 0.15) is 5.82 Å². The van der Waals surface area contributed by atoms with Crippen molar-refractivity contribution >= 4 is 23.0 Å². The third-order valence-electron chi connectivity index (χ3n) is 3.77. The average molecular weight is 331 g/mol. The molecule has 0 bridgehead atoms. The van der Waals surface area contributed by atoms with Crippen LogP contribution in [0.15, 0.2) is 53.1 Å². The van der Waals surface area contributed by atoms with Gasteiger partial charge >= 0.3 is 0 Å². The number of ketones is 1. The number of hydrogen-bond acceptors (Lipinski definition) is 4. The summed E-state index contributed by atoms with van der Waals surface area (Å²) in [6, 6.07) is 8.64. The van der Waals surface area contributed by atoms with Crippen LogP contribution in [0.4, 0.5) is 4.39 Å². The van der Waals surface area contributed by atoms with Gasteiger partial charge in [0, 0.05) is 4.88 Å². The lowest BCUT2D eigenvalue weighted by molar-refractivity contribution is -0.130. The lowest BCUT2D eigenvalue weighted by Gasteiger charge is -2.26. The minimum absolute atomic E-state index is 0.0539. The third-order valence-corrected chi connectivity index (χ3v) is 4.64. The van der Waals surface area contributed by atoms with Crippen LogP contribution >= 0.6 is 11.3 Å². The van der Waals surface area contributed by atoms with Crippen LogP contribution in [0.1, 0.15) is 23.4 Å². The Hall–Kier alpha value is -2.47. The van der Waals surface area contributed by atoms with Crippen molar-refractivity contribution in [2.45, 2.75) is 19.5 Å². The van der Waals surface area contributed by atoms with E-state index in [0.717, 1.165) is 4.88 Å². The summed E-state index contributed by atoms with van der Waals surface area (Å²) in [6.07, 6.45) is 0. The molecule has 1 aromatic heterocycles. The monoisotopic (exact) mass is 331 g/mol. The van der Waals surface area contributed by atoms with Crippen molar-refractivity contribution in [3.05, 3.63) is 69.4 Å². The van der Waals surface area contributed by atoms with Gasteiger partial charge in [-0.25, -0.2) is 4.39 Å². The summed E-state index contributed by atoms with van der Waals surface area (Å²) in [7, 11) is 0. The van der Waals surface area contributed by atoms with Crippen LogP contribution in [0.5, 0.6) is 0 Å². The molecule has 1 aromatic carbocycles. The van der Waals surface area contributed by atoms with Crippen molar-refractivity contribution in [1.82, 2.24) is 4.90 Å². The molecule has 23 heavy (non-hydrogen) atoms. The molecule has 1 atom stereocenters. The van der Waals surface area contributed by atoms with Crippen LogP contribution < -0.4 is 0 Å². The second-order valence-corrected chi connectivity index (χ2v) is 6.32. The fourth-order valence-electron chi connectivity index (χ4n) is 2.74. The highest BCUT2D eigenvalue weighted by atomic mass is 32.1. The van der Waals surface area contributed by atoms with Crippen LogP contribution in [0, 0.1) is 5.82 Å². The fraction of sp³-hybridized carbons (Fsp3) is 0.176. The largest absolute Gasteiger partial charge is 0.503 e. The zero-order valence-electron chi connectivity index (χ0n) is 12.3. The maximum absolute atomic E-state index is 13.2. The first kappa shape index (κ1) is 15.4. The van der Waals surface area contributed by atoms with Gasteiger partial charge in [0.2, 0.25) is 0 Å². The summed E-state index contributed by atoms with van der Waals surface area (Å²) in [5, 5.41) is 12.0. The second-order valence-electron chi connectivity index (χ2n) is 5.28. The molecule has 0 fully saturated rings. The topological polar surface area (TPSA) is 57.6 Å². The van der Waals surface area contributed by atoms with Gasteiger partial charge in [-0.2, -0.15) is 0 Å². The van der Waals surface area contributed by atoms with E-state index in [1.54, 1.807) is 0 Å². The molecular formula is C17H14FNO3S. The SMILES string of the molecule is CC(=O)C1=C(O)C(=O)N(Cc2cccs2)C1c1ccc(F)cc1. The van der Waals surface area contributed by atoms with Gasteiger partial charge < -0.3 is 10.0 Å². The number of aliphatic hydroxyl groups is 1. The highest BCUT2D eigenvalue weighted by molar-refractivity contribution is 7.09. The number of aliphatic hydroxyl groups excluding tert-OH is 1. The van der Waals surface area contributed by atoms with E-state index < -0.39 is 23.5 Å². The number of halogens is 1. The molecule has 3 rings (SSSR count). The lowest BCUT2D eigenvalue weighted by atomic mass is 9.97. The van der Waals surface area contributed by atoms with Gasteiger partial charge in [0.25, 0.3) is 5.91 Å². The molecule has 1 unspecified atom stereocenters. The lowest BCUT2D eigenvalue weighted by Crippen LogP contribution is -2.30. The molecule has 1 aliphatic heterocycles. The molecule has 2 heterocycles. The zero-order chi connectivity index (χ0) is 16.6. The Kier molecular flexibility index (Phi) is 4.00. The first-order chi connectivity index (χ1) is 11.0. The average Bonchev–Trinajstić information content (AvgIpc) is 3.10. The number of carbonyl (C=O) groups excluding carboxylic acids is 2. The summed E-state index contributed by atoms with van der Waals surface area (Å²) in [5.74, 6) is -1.89. The van der Waals surface area contributed by atoms with E-state index >= 15 is 0 Å². The number of rotatable bonds is 4. The Balaban J connectivity index is 2.05. The van der Waals surface area contributed by atoms with Crippen molar-refractivity contribution in [2.75, 3.05) is 0 Å². The quantitative estimate of drug-likeness (QED) is 0.934. The molecule has 0 saturated carbocycles. The summed E-state index contributed by atoms with van der Waals surface area (Å²) in [5.41, 5.74) is 0.642. The highest BCUT2D eigenvalue weighted by Gasteiger charge is 2.42. The molecule has 0 saturated heterocycles. The predicted octanol–water partition coefficient (Wildman–Crippen LogP) is 3.37. The normalized spacial score (nSPS) is 17.9. The number of thiophene rings is 1. The molecule has 0 aliphatic carbocycles. The smallest absolute Gasteiger partial charge is 0.290 e. The van der Waals surface area contributed by atoms with E-state index in [2.05, 4.69) is 0 Å². The molecule has 1 amide bonds. The summed E-state index contributed by atoms with van der Waals surface area (Å²) >= 11 is 1.48. The van der Waals surface area contributed by atoms with Gasteiger partial charge in [-0.05, 0) is 36.1 Å². The van der Waals surface area contributed by atoms with Crippen LogP contribution in [0.3, 0.4) is 0 Å². The first-order valence-electron chi connectivity index (χ1n) is 7.02. The van der Waals surface area contributed by atoms with Gasteiger partial charge in [-0.1, -0.05) is 18.2 Å². The van der Waals surface area contributed by atoms with Crippen molar-refractivity contribution < 1.29 is 19.1 Å². The Labute approximate surface area is 136 Å². The number of amides is 1. The van der Waals surface area contributed by atoms with E-state index in [0.29, 0.717) is 5.56 Å². The van der Waals surface area contributed by atoms with E-state index in [4.69, 9.17) is 0 Å². The van der Waals surface area contributed by atoms with E-state index in [1.165, 1.54) is 47.4 Å². The second kappa shape index (κ2) is 5.96. The minimum Gasteiger partial charge on any atom is -0.503 e. The third kappa shape index (κ3) is 2.77. The van der Waals surface area contributed by atoms with Crippen LogP contribution in [-0.2, 0) is 16.1 Å². The Bertz CT molecular complexity index is 781. The number of Topliss-reactive ketones (excluding diaryl/α,β-unsaturated/α-hetero) is 1. The van der Waals surface area contributed by atoms with Crippen molar-refractivity contribution in [1.29, 1.82) is 0 Å². The fourth-order valence-corrected chi connectivity index (χ4v) is 3.44. The van der Waals surface area contributed by atoms with E-state index in [1.807, 2.05) is 17.5 Å². The highest BCUT2D eigenvalue weighted by Crippen LogP contribution is 2.39. The minimum atomic E-state index is -0.706. The molecule has 0 radical (unpaired) electrons. The molecule has 0 spiro atoms. The number of hydrogen-bond donors (Lipinski definition) is 1. The van der Waals surface area contributed by atoms with Crippen LogP contribution in [0.25, 0.3) is 0 Å². The molecule has 4 nitrogen and oxygen atoms in total. The molecule has 118 valence electrons. The molecule has 2 aromatic rings. The number of nitrogens with zero attached hydrogens (tertiary/aromatic N) is 1. The predicted molar refractivity (Wildman–Crippen MR) is 84.3 cm³/mol. The Morgan fingerprint density at radius 2 is 2.00 bits per heavy atom. The maximum atomic E-state index is 13.2. The Morgan fingerprint density at radius 1 is 1.30 bits per heavy atom. The molecular weight excluding hydrogens is 317 g/mol. The maximum Gasteiger partial charge on any atom is 0.290 e. The summed E-state index contributed by atoms with van der Waals surface area (Å²) in [6.45, 7) is 1.59. The first-order valence-corrected chi connectivity index (χ1v) is 7.90. The van der Waals surface area contributed by atoms with Gasteiger partial charge in [0.15, 0.2) is 11.5 Å². The van der Waals surface area contributed by atoms with Crippen LogP contribution in [0.2, 0.25) is 0 Å². The van der Waals surface area contributed by atoms with Crippen molar-refractivity contribution in [2.24, 2.45) is 0 Å². The molecule has 1 N–H and O–H groups in total. The zero-order valence-corrected chi connectivity index (χ0v) is 13.1. The number of benzene rings is 1. The van der Waals surface area contributed by atoms with Gasteiger partial charge in [-0.3, -0.25) is 9.59 Å². The summed E-state index contributed by atoms with van der Waals surface area (Å²) in [4.78, 5) is 26.7. The van der Waals surface area contributed by atoms with E-state index in [-0.39, 0.29) is 17.9 Å². The molecule has 1 aliphatic rings. The van der Waals surface area contributed by atoms with Gasteiger partial charge in [0.05, 0.1) is 18.2 Å². The van der Waals surface area contributed by atoms with Crippen molar-refractivity contribution in [3.63, 3.8) is 0 Å². The molecule has 6 heteroatoms. The van der Waals surface area contributed by atoms with Gasteiger partial charge in [-0.15, -0.1) is 11.3 Å². The van der Waals surface area contributed by atoms with Crippen molar-refractivity contribution in [3.8, 4) is 0 Å². The van der Waals surface area contributed by atoms with E-state index in [9.17, 15) is 19.1 Å². The Morgan fingerprint density at radius 3 is 2.57 bits per heavy atom. The standard InChI is InChI=1S/C17H14FNO3S/c1-10(20)14-15(11-4-6-12(18)7-5-11)19(17(22)16(14)21)9-13-3-2-8-23-13/h2-8,15,21H,9H2,1H3.